The fraction of sp³-hybridized carbons (Fsp3) is 0.206. The molecule has 4 aromatic carbocycles. The lowest BCUT2D eigenvalue weighted by atomic mass is 10.0. The van der Waals surface area contributed by atoms with Crippen LogP contribution in [0.1, 0.15) is 28.5 Å². The van der Waals surface area contributed by atoms with Gasteiger partial charge in [-0.25, -0.2) is 4.79 Å². The summed E-state index contributed by atoms with van der Waals surface area (Å²) in [6, 6.07) is 37.1. The highest BCUT2D eigenvalue weighted by molar-refractivity contribution is 6.09. The molecule has 0 radical (unpaired) electrons. The van der Waals surface area contributed by atoms with Crippen LogP contribution in [-0.2, 0) is 24.4 Å². The predicted octanol–water partition coefficient (Wildman–Crippen LogP) is 7.20. The number of benzene rings is 4. The van der Waals surface area contributed by atoms with Crippen LogP contribution in [0.15, 0.2) is 109 Å². The van der Waals surface area contributed by atoms with E-state index in [9.17, 15) is 4.79 Å². The molecule has 0 unspecified atom stereocenters. The Morgan fingerprint density at radius 1 is 0.795 bits per heavy atom. The van der Waals surface area contributed by atoms with E-state index in [1.165, 1.54) is 11.1 Å². The fourth-order valence-corrected chi connectivity index (χ4v) is 5.14. The maximum absolute atomic E-state index is 13.5. The number of ether oxygens (including phenoxy) is 2. The Balaban J connectivity index is 1.58. The van der Waals surface area contributed by atoms with Crippen LogP contribution in [0.3, 0.4) is 0 Å². The molecule has 0 N–H and O–H groups in total. The van der Waals surface area contributed by atoms with Crippen molar-refractivity contribution in [3.05, 3.63) is 126 Å². The molecule has 5 nitrogen and oxygen atoms in total. The Hall–Kier alpha value is -4.35. The minimum atomic E-state index is -0.316. The fourth-order valence-electron chi connectivity index (χ4n) is 5.14. The molecule has 0 aliphatic carbocycles. The molecule has 5 heteroatoms. The summed E-state index contributed by atoms with van der Waals surface area (Å²) >= 11 is 0. The van der Waals surface area contributed by atoms with Crippen molar-refractivity contribution in [1.82, 2.24) is 9.47 Å². The van der Waals surface area contributed by atoms with Crippen LogP contribution in [0, 0.1) is 0 Å². The van der Waals surface area contributed by atoms with E-state index < -0.39 is 0 Å². The maximum Gasteiger partial charge on any atom is 0.355 e. The van der Waals surface area contributed by atoms with E-state index in [1.54, 1.807) is 7.11 Å². The second kappa shape index (κ2) is 12.5. The number of nitrogens with zero attached hydrogens (tertiary/aromatic N) is 2. The Kier molecular flexibility index (Phi) is 8.39. The van der Waals surface area contributed by atoms with E-state index in [1.807, 2.05) is 67.6 Å². The quantitative estimate of drug-likeness (QED) is 0.174. The van der Waals surface area contributed by atoms with E-state index in [2.05, 4.69) is 58.0 Å². The molecule has 0 amide bonds. The molecule has 0 saturated carbocycles. The zero-order valence-electron chi connectivity index (χ0n) is 22.5. The van der Waals surface area contributed by atoms with E-state index in [0.717, 1.165) is 47.4 Å². The number of hydrogen-bond donors (Lipinski definition) is 0. The van der Waals surface area contributed by atoms with Crippen molar-refractivity contribution in [2.24, 2.45) is 0 Å². The summed E-state index contributed by atoms with van der Waals surface area (Å²) in [6.45, 7) is 5.15. The first-order valence-corrected chi connectivity index (χ1v) is 13.4. The van der Waals surface area contributed by atoms with Crippen LogP contribution in [0.5, 0.6) is 5.75 Å². The van der Waals surface area contributed by atoms with Gasteiger partial charge >= 0.3 is 5.97 Å². The molecule has 0 aliphatic heterocycles. The minimum absolute atomic E-state index is 0.312. The van der Waals surface area contributed by atoms with Crippen LogP contribution in [0.4, 0.5) is 0 Å². The van der Waals surface area contributed by atoms with Gasteiger partial charge in [-0.2, -0.15) is 0 Å². The Morgan fingerprint density at radius 3 is 1.95 bits per heavy atom. The van der Waals surface area contributed by atoms with E-state index in [0.29, 0.717) is 18.8 Å². The molecule has 5 rings (SSSR count). The normalized spacial score (nSPS) is 11.2. The van der Waals surface area contributed by atoms with Gasteiger partial charge < -0.3 is 14.0 Å². The number of carbonyl (C=O) groups is 1. The van der Waals surface area contributed by atoms with Gasteiger partial charge in [0.05, 0.1) is 13.7 Å². The van der Waals surface area contributed by atoms with E-state index >= 15 is 0 Å². The summed E-state index contributed by atoms with van der Waals surface area (Å²) < 4.78 is 13.3. The average molecular weight is 519 g/mol. The first kappa shape index (κ1) is 26.3. The molecule has 39 heavy (non-hydrogen) atoms. The van der Waals surface area contributed by atoms with Crippen LogP contribution >= 0.6 is 0 Å². The average Bonchev–Trinajstić information content (AvgIpc) is 3.31. The smallest absolute Gasteiger partial charge is 0.355 e. The number of aromatic nitrogens is 1. The predicted molar refractivity (Wildman–Crippen MR) is 157 cm³/mol. The number of fused-ring (bicyclic) bond motifs is 1. The first-order valence-electron chi connectivity index (χ1n) is 13.4. The number of rotatable bonds is 11. The van der Waals surface area contributed by atoms with Crippen molar-refractivity contribution in [3.63, 3.8) is 0 Å². The molecular weight excluding hydrogens is 484 g/mol. The number of hydrogen-bond acceptors (Lipinski definition) is 4. The lowest BCUT2D eigenvalue weighted by Crippen LogP contribution is -2.28. The highest BCUT2D eigenvalue weighted by Crippen LogP contribution is 2.37. The van der Waals surface area contributed by atoms with Gasteiger partial charge in [0.2, 0.25) is 0 Å². The van der Waals surface area contributed by atoms with Crippen LogP contribution in [0.2, 0.25) is 0 Å². The standard InChI is InChI=1S/C34H34N2O3/c1-3-39-34(37)33-32(28-17-11-6-12-18-28)30-23-29(38-2)19-20-31(30)36(33)22-21-35(24-26-13-7-4-8-14-26)25-27-15-9-5-10-16-27/h4-20,23H,3,21-22,24-25H2,1-2H3. The summed E-state index contributed by atoms with van der Waals surface area (Å²) in [7, 11) is 1.66. The lowest BCUT2D eigenvalue weighted by Gasteiger charge is -2.24. The number of esters is 1. The summed E-state index contributed by atoms with van der Waals surface area (Å²) in [6.07, 6.45) is 0. The van der Waals surface area contributed by atoms with Gasteiger partial charge in [-0.15, -0.1) is 0 Å². The number of methoxy groups -OCH3 is 1. The highest BCUT2D eigenvalue weighted by atomic mass is 16.5. The zero-order valence-corrected chi connectivity index (χ0v) is 22.5. The highest BCUT2D eigenvalue weighted by Gasteiger charge is 2.25. The van der Waals surface area contributed by atoms with Gasteiger partial charge in [0.15, 0.2) is 0 Å². The van der Waals surface area contributed by atoms with Gasteiger partial charge in [-0.05, 0) is 41.8 Å². The van der Waals surface area contributed by atoms with Gasteiger partial charge in [-0.3, -0.25) is 4.90 Å². The van der Waals surface area contributed by atoms with Gasteiger partial charge in [0, 0.05) is 42.6 Å². The third-order valence-corrected chi connectivity index (χ3v) is 6.94. The van der Waals surface area contributed by atoms with Crippen molar-refractivity contribution in [2.75, 3.05) is 20.3 Å². The van der Waals surface area contributed by atoms with Crippen molar-refractivity contribution in [3.8, 4) is 16.9 Å². The molecular formula is C34H34N2O3. The summed E-state index contributed by atoms with van der Waals surface area (Å²) in [5, 5.41) is 0.973. The van der Waals surface area contributed by atoms with Gasteiger partial charge in [0.1, 0.15) is 11.4 Å². The molecule has 198 valence electrons. The second-order valence-corrected chi connectivity index (χ2v) is 9.53. The summed E-state index contributed by atoms with van der Waals surface area (Å²) in [4.78, 5) is 16.0. The molecule has 0 aliphatic rings. The third-order valence-electron chi connectivity index (χ3n) is 6.94. The van der Waals surface area contributed by atoms with Crippen LogP contribution < -0.4 is 4.74 Å². The Labute approximate surface area is 230 Å². The van der Waals surface area contributed by atoms with Crippen LogP contribution in [-0.4, -0.2) is 35.7 Å². The first-order chi connectivity index (χ1) is 19.2. The van der Waals surface area contributed by atoms with Crippen molar-refractivity contribution < 1.29 is 14.3 Å². The number of carbonyl (C=O) groups excluding carboxylic acids is 1. The molecule has 5 aromatic rings. The summed E-state index contributed by atoms with van der Waals surface area (Å²) in [5.74, 6) is 0.436. The van der Waals surface area contributed by atoms with Crippen molar-refractivity contribution in [2.45, 2.75) is 26.6 Å². The molecule has 0 atom stereocenters. The topological polar surface area (TPSA) is 43.7 Å². The Morgan fingerprint density at radius 2 is 1.38 bits per heavy atom. The SMILES string of the molecule is CCOC(=O)c1c(-c2ccccc2)c2cc(OC)ccc2n1CCN(Cc1ccccc1)Cc1ccccc1. The molecule has 0 spiro atoms. The largest absolute Gasteiger partial charge is 0.497 e. The molecule has 0 saturated heterocycles. The molecule has 1 aromatic heterocycles. The maximum atomic E-state index is 13.5. The van der Waals surface area contributed by atoms with Crippen molar-refractivity contribution >= 4 is 16.9 Å². The minimum Gasteiger partial charge on any atom is -0.497 e. The lowest BCUT2D eigenvalue weighted by molar-refractivity contribution is 0.0514. The van der Waals surface area contributed by atoms with Gasteiger partial charge in [-0.1, -0.05) is 91.0 Å². The Bertz CT molecular complexity index is 1470. The zero-order chi connectivity index (χ0) is 27.0. The molecule has 0 bridgehead atoms. The van der Waals surface area contributed by atoms with E-state index in [4.69, 9.17) is 9.47 Å². The molecule has 1 heterocycles. The second-order valence-electron chi connectivity index (χ2n) is 9.53. The molecule has 0 fully saturated rings. The summed E-state index contributed by atoms with van der Waals surface area (Å²) in [5.41, 5.74) is 5.92. The van der Waals surface area contributed by atoms with Gasteiger partial charge in [0.25, 0.3) is 0 Å². The third kappa shape index (κ3) is 6.05. The monoisotopic (exact) mass is 518 g/mol. The van der Waals surface area contributed by atoms with Crippen molar-refractivity contribution in [1.29, 1.82) is 0 Å². The van der Waals surface area contributed by atoms with E-state index in [-0.39, 0.29) is 5.97 Å². The van der Waals surface area contributed by atoms with Crippen LogP contribution in [0.25, 0.3) is 22.0 Å².